The molecule has 0 aromatic heterocycles. The highest BCUT2D eigenvalue weighted by Gasteiger charge is 2.50. The van der Waals surface area contributed by atoms with Gasteiger partial charge < -0.3 is 14.9 Å². The van der Waals surface area contributed by atoms with Gasteiger partial charge in [0, 0.05) is 24.2 Å². The van der Waals surface area contributed by atoms with Crippen LogP contribution in [0.2, 0.25) is 0 Å². The van der Waals surface area contributed by atoms with Crippen LogP contribution in [0.3, 0.4) is 0 Å². The summed E-state index contributed by atoms with van der Waals surface area (Å²) in [6.45, 7) is 2.27. The summed E-state index contributed by atoms with van der Waals surface area (Å²) in [6, 6.07) is 8.49. The van der Waals surface area contributed by atoms with E-state index in [0.29, 0.717) is 30.9 Å². The van der Waals surface area contributed by atoms with Crippen LogP contribution in [0.1, 0.15) is 55.8 Å². The van der Waals surface area contributed by atoms with Crippen LogP contribution < -0.4 is 0 Å². The quantitative estimate of drug-likeness (QED) is 0.869. The van der Waals surface area contributed by atoms with Gasteiger partial charge in [0.05, 0.1) is 5.92 Å². The van der Waals surface area contributed by atoms with E-state index in [4.69, 9.17) is 0 Å². The topological polar surface area (TPSA) is 77.9 Å². The second kappa shape index (κ2) is 7.57. The number of hydrogen-bond donors (Lipinski definition) is 1. The Morgan fingerprint density at radius 1 is 1.04 bits per heavy atom. The molecule has 2 amide bonds. The van der Waals surface area contributed by atoms with E-state index in [1.54, 1.807) is 17.0 Å². The van der Waals surface area contributed by atoms with Crippen molar-refractivity contribution in [3.63, 3.8) is 0 Å². The molecule has 1 aromatic carbocycles. The van der Waals surface area contributed by atoms with Gasteiger partial charge in [0.2, 0.25) is 5.91 Å². The summed E-state index contributed by atoms with van der Waals surface area (Å²) >= 11 is 0. The Morgan fingerprint density at radius 3 is 2.43 bits per heavy atom. The molecule has 28 heavy (non-hydrogen) atoms. The van der Waals surface area contributed by atoms with Gasteiger partial charge in [0.15, 0.2) is 0 Å². The molecule has 3 fully saturated rings. The van der Waals surface area contributed by atoms with Gasteiger partial charge in [-0.2, -0.15) is 0 Å². The zero-order valence-corrected chi connectivity index (χ0v) is 16.3. The Bertz CT molecular complexity index is 765. The van der Waals surface area contributed by atoms with Gasteiger partial charge >= 0.3 is 5.97 Å². The predicted octanol–water partition coefficient (Wildman–Crippen LogP) is 2.78. The minimum absolute atomic E-state index is 0.0741. The van der Waals surface area contributed by atoms with E-state index in [9.17, 15) is 19.5 Å². The fraction of sp³-hybridized carbons (Fsp3) is 0.591. The number of benzene rings is 1. The summed E-state index contributed by atoms with van der Waals surface area (Å²) in [6.07, 6.45) is 5.41. The third-order valence-corrected chi connectivity index (χ3v) is 6.98. The fourth-order valence-electron chi connectivity index (χ4n) is 5.47. The number of rotatable bonds is 3. The summed E-state index contributed by atoms with van der Waals surface area (Å²) in [4.78, 5) is 41.8. The van der Waals surface area contributed by atoms with Crippen LogP contribution in [0.25, 0.3) is 0 Å². The van der Waals surface area contributed by atoms with E-state index >= 15 is 0 Å². The highest BCUT2D eigenvalue weighted by molar-refractivity contribution is 5.98. The first kappa shape index (κ1) is 19.0. The summed E-state index contributed by atoms with van der Waals surface area (Å²) in [5, 5.41) is 9.40. The average Bonchev–Trinajstić information content (AvgIpc) is 3.28. The predicted molar refractivity (Wildman–Crippen MR) is 104 cm³/mol. The number of carbonyl (C=O) groups excluding carboxylic acids is 2. The molecule has 1 N–H and O–H groups in total. The molecule has 1 aromatic rings. The van der Waals surface area contributed by atoms with E-state index in [0.717, 1.165) is 25.7 Å². The largest absolute Gasteiger partial charge is 0.481 e. The lowest BCUT2D eigenvalue weighted by molar-refractivity contribution is -0.143. The van der Waals surface area contributed by atoms with Crippen LogP contribution in [0.5, 0.6) is 0 Å². The molecule has 0 spiro atoms. The lowest BCUT2D eigenvalue weighted by Crippen LogP contribution is -2.52. The van der Waals surface area contributed by atoms with Crippen molar-refractivity contribution in [2.45, 2.75) is 63.6 Å². The van der Waals surface area contributed by atoms with Crippen molar-refractivity contribution in [1.82, 2.24) is 9.80 Å². The SMILES string of the molecule is CC1C(C(=O)O)CCN1C(=O)C1CC2CCCCC2N1C(=O)c1ccccc1. The van der Waals surface area contributed by atoms with Gasteiger partial charge in [-0.05, 0) is 50.7 Å². The minimum Gasteiger partial charge on any atom is -0.481 e. The Labute approximate surface area is 165 Å². The summed E-state index contributed by atoms with van der Waals surface area (Å²) in [7, 11) is 0. The molecule has 0 radical (unpaired) electrons. The number of amides is 2. The molecule has 2 aliphatic heterocycles. The van der Waals surface area contributed by atoms with Crippen LogP contribution in [-0.4, -0.2) is 57.4 Å². The molecule has 1 aliphatic carbocycles. The van der Waals surface area contributed by atoms with Crippen molar-refractivity contribution in [2.24, 2.45) is 11.8 Å². The van der Waals surface area contributed by atoms with Gasteiger partial charge in [0.25, 0.3) is 5.91 Å². The van der Waals surface area contributed by atoms with E-state index in [2.05, 4.69) is 0 Å². The smallest absolute Gasteiger partial charge is 0.308 e. The van der Waals surface area contributed by atoms with Crippen molar-refractivity contribution in [3.8, 4) is 0 Å². The molecule has 2 saturated heterocycles. The summed E-state index contributed by atoms with van der Waals surface area (Å²) in [5.41, 5.74) is 0.615. The average molecular weight is 384 g/mol. The van der Waals surface area contributed by atoms with Crippen LogP contribution in [0.15, 0.2) is 30.3 Å². The molecule has 2 heterocycles. The van der Waals surface area contributed by atoms with E-state index < -0.39 is 17.9 Å². The maximum atomic E-state index is 13.5. The fourth-order valence-corrected chi connectivity index (χ4v) is 5.47. The van der Waals surface area contributed by atoms with Gasteiger partial charge in [0.1, 0.15) is 6.04 Å². The molecule has 6 nitrogen and oxygen atoms in total. The molecular formula is C22H28N2O4. The van der Waals surface area contributed by atoms with Crippen molar-refractivity contribution in [1.29, 1.82) is 0 Å². The van der Waals surface area contributed by atoms with Gasteiger partial charge in [-0.1, -0.05) is 31.0 Å². The molecule has 5 unspecified atom stereocenters. The molecule has 3 aliphatic rings. The van der Waals surface area contributed by atoms with Crippen LogP contribution >= 0.6 is 0 Å². The zero-order valence-electron chi connectivity index (χ0n) is 16.3. The number of aliphatic carboxylic acids is 1. The monoisotopic (exact) mass is 384 g/mol. The van der Waals surface area contributed by atoms with Gasteiger partial charge in [-0.3, -0.25) is 14.4 Å². The van der Waals surface area contributed by atoms with Crippen LogP contribution in [0.4, 0.5) is 0 Å². The second-order valence-corrected chi connectivity index (χ2v) is 8.45. The number of fused-ring (bicyclic) bond motifs is 1. The first-order valence-electron chi connectivity index (χ1n) is 10.4. The van der Waals surface area contributed by atoms with E-state index in [1.807, 2.05) is 30.0 Å². The first-order chi connectivity index (χ1) is 13.5. The Hall–Kier alpha value is -2.37. The van der Waals surface area contributed by atoms with Crippen molar-refractivity contribution >= 4 is 17.8 Å². The third kappa shape index (κ3) is 3.19. The van der Waals surface area contributed by atoms with Crippen molar-refractivity contribution < 1.29 is 19.5 Å². The number of carbonyl (C=O) groups is 3. The Kier molecular flexibility index (Phi) is 5.13. The minimum atomic E-state index is -0.847. The standard InChI is InChI=1S/C22H28N2O4/c1-14-17(22(27)28)11-12-23(14)21(26)19-13-16-9-5-6-10-18(16)24(19)20(25)15-7-3-2-4-8-15/h2-4,7-8,14,16-19H,5-6,9-13H2,1H3,(H,27,28). The van der Waals surface area contributed by atoms with Crippen LogP contribution in [-0.2, 0) is 9.59 Å². The van der Waals surface area contributed by atoms with Crippen molar-refractivity contribution in [2.75, 3.05) is 6.54 Å². The summed E-state index contributed by atoms with van der Waals surface area (Å²) < 4.78 is 0. The maximum absolute atomic E-state index is 13.5. The molecule has 5 atom stereocenters. The first-order valence-corrected chi connectivity index (χ1v) is 10.4. The lowest BCUT2D eigenvalue weighted by atomic mass is 9.84. The van der Waals surface area contributed by atoms with Crippen LogP contribution in [0, 0.1) is 11.8 Å². The number of carboxylic acids is 1. The number of carboxylic acid groups (broad SMARTS) is 1. The molecular weight excluding hydrogens is 356 g/mol. The lowest BCUT2D eigenvalue weighted by Gasteiger charge is -2.35. The Morgan fingerprint density at radius 2 is 1.75 bits per heavy atom. The molecule has 6 heteroatoms. The highest BCUT2D eigenvalue weighted by atomic mass is 16.4. The highest BCUT2D eigenvalue weighted by Crippen LogP contribution is 2.41. The third-order valence-electron chi connectivity index (χ3n) is 6.98. The van der Waals surface area contributed by atoms with E-state index in [1.165, 1.54) is 0 Å². The number of hydrogen-bond acceptors (Lipinski definition) is 3. The number of nitrogens with zero attached hydrogens (tertiary/aromatic N) is 2. The van der Waals surface area contributed by atoms with Gasteiger partial charge in [-0.25, -0.2) is 0 Å². The normalized spacial score (nSPS) is 32.2. The molecule has 0 bridgehead atoms. The molecule has 150 valence electrons. The Balaban J connectivity index is 1.61. The number of likely N-dealkylation sites (tertiary alicyclic amines) is 2. The van der Waals surface area contributed by atoms with Crippen molar-refractivity contribution in [3.05, 3.63) is 35.9 Å². The summed E-state index contributed by atoms with van der Waals surface area (Å²) in [5.74, 6) is -1.15. The zero-order chi connectivity index (χ0) is 19.8. The van der Waals surface area contributed by atoms with Gasteiger partial charge in [-0.15, -0.1) is 0 Å². The van der Waals surface area contributed by atoms with E-state index in [-0.39, 0.29) is 23.9 Å². The molecule has 4 rings (SSSR count). The maximum Gasteiger partial charge on any atom is 0.308 e. The molecule has 1 saturated carbocycles. The second-order valence-electron chi connectivity index (χ2n) is 8.45.